The van der Waals surface area contributed by atoms with Crippen LogP contribution < -0.4 is 11.1 Å². The van der Waals surface area contributed by atoms with Crippen LogP contribution in [0.1, 0.15) is 35.2 Å². The second-order valence-corrected chi connectivity index (χ2v) is 7.76. The van der Waals surface area contributed by atoms with Gasteiger partial charge in [-0.25, -0.2) is 0 Å². The van der Waals surface area contributed by atoms with Crippen molar-refractivity contribution in [2.24, 2.45) is 5.73 Å². The minimum atomic E-state index is -1.26. The largest absolute Gasteiger partial charge is 0.466 e. The summed E-state index contributed by atoms with van der Waals surface area (Å²) in [4.78, 5) is 48.1. The van der Waals surface area contributed by atoms with Gasteiger partial charge >= 0.3 is 5.97 Å². The lowest BCUT2D eigenvalue weighted by molar-refractivity contribution is -0.384. The molecule has 0 aliphatic carbocycles. The highest BCUT2D eigenvalue weighted by molar-refractivity contribution is 5.98. The number of nitrogens with zero attached hydrogens (tertiary/aromatic N) is 1. The Bertz CT molecular complexity index is 1190. The molecule has 3 aromatic carbocycles. The second kappa shape index (κ2) is 11.6. The maximum atomic E-state index is 13.0. The van der Waals surface area contributed by atoms with Crippen LogP contribution in [0.2, 0.25) is 0 Å². The van der Waals surface area contributed by atoms with Crippen molar-refractivity contribution >= 4 is 23.5 Å². The number of ether oxygens (including phenoxy) is 1. The molecule has 0 spiro atoms. The first-order valence-corrected chi connectivity index (χ1v) is 11.0. The van der Waals surface area contributed by atoms with Gasteiger partial charge in [-0.05, 0) is 35.7 Å². The molecule has 3 aromatic rings. The monoisotopic (exact) mass is 475 g/mol. The number of hydrogen-bond acceptors (Lipinski definition) is 6. The Hall–Kier alpha value is -4.53. The molecule has 0 radical (unpaired) electrons. The van der Waals surface area contributed by atoms with Crippen LogP contribution in [0.3, 0.4) is 0 Å². The molecule has 0 bridgehead atoms. The third kappa shape index (κ3) is 6.50. The fraction of sp³-hybridized carbons (Fsp3) is 0.192. The van der Waals surface area contributed by atoms with Crippen LogP contribution in [0.25, 0.3) is 11.1 Å². The molecule has 0 aliphatic heterocycles. The van der Waals surface area contributed by atoms with Gasteiger partial charge in [0, 0.05) is 23.6 Å². The molecule has 180 valence electrons. The van der Waals surface area contributed by atoms with Gasteiger partial charge in [0.1, 0.15) is 6.04 Å². The molecule has 0 saturated heterocycles. The van der Waals surface area contributed by atoms with Gasteiger partial charge in [-0.15, -0.1) is 0 Å². The third-order valence-corrected chi connectivity index (χ3v) is 5.47. The predicted molar refractivity (Wildman–Crippen MR) is 129 cm³/mol. The normalized spacial score (nSPS) is 12.3. The number of nitrogens with one attached hydrogen (secondary N) is 1. The molecule has 3 N–H and O–H groups in total. The Morgan fingerprint density at radius 1 is 0.943 bits per heavy atom. The van der Waals surface area contributed by atoms with Crippen LogP contribution in [-0.4, -0.2) is 35.4 Å². The number of amides is 2. The van der Waals surface area contributed by atoms with Gasteiger partial charge in [-0.1, -0.05) is 54.6 Å². The zero-order chi connectivity index (χ0) is 25.4. The van der Waals surface area contributed by atoms with Gasteiger partial charge in [0.2, 0.25) is 5.91 Å². The molecule has 0 fully saturated rings. The minimum Gasteiger partial charge on any atom is -0.466 e. The number of nitrogens with two attached hydrogens (primary N) is 1. The highest BCUT2D eigenvalue weighted by Crippen LogP contribution is 2.27. The molecule has 3 rings (SSSR count). The lowest BCUT2D eigenvalue weighted by Gasteiger charge is -2.25. The summed E-state index contributed by atoms with van der Waals surface area (Å²) in [5.74, 6) is -2.89. The van der Waals surface area contributed by atoms with Crippen LogP contribution in [0.5, 0.6) is 0 Å². The summed E-state index contributed by atoms with van der Waals surface area (Å²) >= 11 is 0. The van der Waals surface area contributed by atoms with Gasteiger partial charge < -0.3 is 15.8 Å². The minimum absolute atomic E-state index is 0.132. The maximum Gasteiger partial charge on any atom is 0.306 e. The summed E-state index contributed by atoms with van der Waals surface area (Å²) in [6.07, 6.45) is -0.257. The average molecular weight is 476 g/mol. The molecule has 0 heterocycles. The van der Waals surface area contributed by atoms with E-state index in [2.05, 4.69) is 5.32 Å². The number of primary amides is 1. The number of hydrogen-bond donors (Lipinski definition) is 2. The molecule has 0 aliphatic rings. The summed E-state index contributed by atoms with van der Waals surface area (Å²) in [7, 11) is 0. The number of rotatable bonds is 10. The van der Waals surface area contributed by atoms with Crippen LogP contribution in [0.4, 0.5) is 5.69 Å². The first-order valence-electron chi connectivity index (χ1n) is 11.0. The van der Waals surface area contributed by atoms with E-state index in [1.54, 1.807) is 31.2 Å². The van der Waals surface area contributed by atoms with Crippen molar-refractivity contribution in [3.8, 4) is 11.1 Å². The first kappa shape index (κ1) is 25.1. The Labute approximate surface area is 202 Å². The molecule has 0 aromatic heterocycles. The lowest BCUT2D eigenvalue weighted by atomic mass is 9.87. The van der Waals surface area contributed by atoms with E-state index in [9.17, 15) is 24.5 Å². The van der Waals surface area contributed by atoms with Gasteiger partial charge in [0.05, 0.1) is 18.0 Å². The van der Waals surface area contributed by atoms with Crippen molar-refractivity contribution in [3.05, 3.63) is 100 Å². The standard InChI is InChI=1S/C26H25N3O6/c1-2-35-23(30)16-22(19-12-14-21(15-13-19)29(33)34)24(25(27)31)28-26(32)20-10-8-18(9-11-20)17-6-4-3-5-7-17/h3-15,22,24H,2,16H2,1H3,(H2,27,31)(H,28,32)/t22-,24+/m1/s1. The topological polar surface area (TPSA) is 142 Å². The number of benzene rings is 3. The molecule has 2 atom stereocenters. The van der Waals surface area contributed by atoms with Crippen molar-refractivity contribution in [2.75, 3.05) is 6.61 Å². The van der Waals surface area contributed by atoms with E-state index in [0.717, 1.165) is 11.1 Å². The fourth-order valence-corrected chi connectivity index (χ4v) is 3.71. The quantitative estimate of drug-likeness (QED) is 0.261. The van der Waals surface area contributed by atoms with Gasteiger partial charge in [-0.2, -0.15) is 0 Å². The van der Waals surface area contributed by atoms with E-state index < -0.39 is 34.7 Å². The molecule has 0 unspecified atom stereocenters. The van der Waals surface area contributed by atoms with E-state index >= 15 is 0 Å². The fourth-order valence-electron chi connectivity index (χ4n) is 3.71. The third-order valence-electron chi connectivity index (χ3n) is 5.47. The number of carbonyl (C=O) groups excluding carboxylic acids is 3. The van der Waals surface area contributed by atoms with Crippen molar-refractivity contribution < 1.29 is 24.0 Å². The van der Waals surface area contributed by atoms with Gasteiger partial charge in [0.25, 0.3) is 11.6 Å². The lowest BCUT2D eigenvalue weighted by Crippen LogP contribution is -2.48. The number of carbonyl (C=O) groups is 3. The van der Waals surface area contributed by atoms with Gasteiger partial charge in [0.15, 0.2) is 0 Å². The molecule has 2 amide bonds. The zero-order valence-electron chi connectivity index (χ0n) is 19.0. The second-order valence-electron chi connectivity index (χ2n) is 7.76. The van der Waals surface area contributed by atoms with Crippen molar-refractivity contribution in [1.82, 2.24) is 5.32 Å². The van der Waals surface area contributed by atoms with Crippen LogP contribution in [0.15, 0.2) is 78.9 Å². The summed E-state index contributed by atoms with van der Waals surface area (Å²) in [6, 6.07) is 20.6. The average Bonchev–Trinajstić information content (AvgIpc) is 2.86. The van der Waals surface area contributed by atoms with Gasteiger partial charge in [-0.3, -0.25) is 24.5 Å². The summed E-state index contributed by atoms with van der Waals surface area (Å²) in [5.41, 5.74) is 8.09. The molecular weight excluding hydrogens is 450 g/mol. The van der Waals surface area contributed by atoms with Crippen LogP contribution in [0, 0.1) is 10.1 Å². The molecular formula is C26H25N3O6. The van der Waals surface area contributed by atoms with Crippen LogP contribution in [-0.2, 0) is 14.3 Å². The molecule has 0 saturated carbocycles. The zero-order valence-corrected chi connectivity index (χ0v) is 19.0. The summed E-state index contributed by atoms with van der Waals surface area (Å²) in [6.45, 7) is 1.78. The Morgan fingerprint density at radius 3 is 2.09 bits per heavy atom. The number of nitro groups is 1. The van der Waals surface area contributed by atoms with E-state index in [4.69, 9.17) is 10.5 Å². The highest BCUT2D eigenvalue weighted by atomic mass is 16.6. The van der Waals surface area contributed by atoms with E-state index in [-0.39, 0.29) is 18.7 Å². The van der Waals surface area contributed by atoms with E-state index in [1.807, 2.05) is 30.3 Å². The number of esters is 1. The predicted octanol–water partition coefficient (Wildman–Crippen LogP) is 3.58. The molecule has 9 heteroatoms. The van der Waals surface area contributed by atoms with Crippen molar-refractivity contribution in [3.63, 3.8) is 0 Å². The van der Waals surface area contributed by atoms with E-state index in [1.165, 1.54) is 24.3 Å². The number of non-ortho nitro benzene ring substituents is 1. The molecule has 9 nitrogen and oxygen atoms in total. The van der Waals surface area contributed by atoms with Crippen LogP contribution >= 0.6 is 0 Å². The Kier molecular flexibility index (Phi) is 8.29. The summed E-state index contributed by atoms with van der Waals surface area (Å²) < 4.78 is 5.02. The Morgan fingerprint density at radius 2 is 1.54 bits per heavy atom. The van der Waals surface area contributed by atoms with E-state index in [0.29, 0.717) is 11.1 Å². The SMILES string of the molecule is CCOC(=O)C[C@H](c1ccc([N+](=O)[O-])cc1)[C@H](NC(=O)c1ccc(-c2ccccc2)cc1)C(N)=O. The van der Waals surface area contributed by atoms with Crippen molar-refractivity contribution in [2.45, 2.75) is 25.3 Å². The smallest absolute Gasteiger partial charge is 0.306 e. The van der Waals surface area contributed by atoms with Crippen molar-refractivity contribution in [1.29, 1.82) is 0 Å². The maximum absolute atomic E-state index is 13.0. The summed E-state index contributed by atoms with van der Waals surface area (Å²) in [5, 5.41) is 13.6. The first-order chi connectivity index (χ1) is 16.8. The highest BCUT2D eigenvalue weighted by Gasteiger charge is 2.32. The number of nitro benzene ring substituents is 1. The molecule has 35 heavy (non-hydrogen) atoms. The Balaban J connectivity index is 1.86.